The molecule has 1 aromatic rings. The molecule has 0 aliphatic carbocycles. The van der Waals surface area contributed by atoms with E-state index in [2.05, 4.69) is 36.8 Å². The summed E-state index contributed by atoms with van der Waals surface area (Å²) in [5, 5.41) is 8.32. The van der Waals surface area contributed by atoms with Crippen LogP contribution in [0.3, 0.4) is 0 Å². The highest BCUT2D eigenvalue weighted by atomic mass is 79.9. The first-order chi connectivity index (χ1) is 6.50. The molecule has 76 valence electrons. The monoisotopic (exact) mass is 327 g/mol. The number of halogens is 3. The van der Waals surface area contributed by atoms with Gasteiger partial charge in [0.25, 0.3) is 0 Å². The number of carboxylic acid groups (broad SMARTS) is 1. The van der Waals surface area contributed by atoms with Crippen molar-refractivity contribution in [1.82, 2.24) is 4.98 Å². The van der Waals surface area contributed by atoms with Crippen LogP contribution in [0.25, 0.3) is 0 Å². The van der Waals surface area contributed by atoms with Crippen molar-refractivity contribution in [1.29, 1.82) is 0 Å². The minimum absolute atomic E-state index is 0.0897. The van der Waals surface area contributed by atoms with Crippen LogP contribution in [-0.4, -0.2) is 22.7 Å². The van der Waals surface area contributed by atoms with Crippen molar-refractivity contribution in [3.05, 3.63) is 21.0 Å². The van der Waals surface area contributed by atoms with Crippen molar-refractivity contribution < 1.29 is 19.0 Å². The quantitative estimate of drug-likeness (QED) is 0.864. The lowest BCUT2D eigenvalue weighted by Crippen LogP contribution is -2.11. The molecule has 1 rings (SSSR count). The average Bonchev–Trinajstić information content (AvgIpc) is 2.09. The third-order valence-corrected chi connectivity index (χ3v) is 2.31. The van der Waals surface area contributed by atoms with E-state index in [0.29, 0.717) is 4.47 Å². The number of pyridine rings is 1. The molecule has 0 aliphatic heterocycles. The fourth-order valence-electron chi connectivity index (χ4n) is 0.660. The van der Waals surface area contributed by atoms with E-state index in [1.807, 2.05) is 0 Å². The maximum atomic E-state index is 12.9. The zero-order valence-electron chi connectivity index (χ0n) is 6.63. The van der Waals surface area contributed by atoms with Gasteiger partial charge in [0.15, 0.2) is 6.61 Å². The predicted molar refractivity (Wildman–Crippen MR) is 52.7 cm³/mol. The van der Waals surface area contributed by atoms with Gasteiger partial charge in [0.1, 0.15) is 0 Å². The van der Waals surface area contributed by atoms with Gasteiger partial charge in [-0.05, 0) is 37.9 Å². The van der Waals surface area contributed by atoms with E-state index in [0.717, 1.165) is 0 Å². The van der Waals surface area contributed by atoms with Gasteiger partial charge in [0, 0.05) is 0 Å². The molecule has 1 N–H and O–H groups in total. The normalized spacial score (nSPS) is 9.93. The zero-order chi connectivity index (χ0) is 10.7. The number of hydrogen-bond acceptors (Lipinski definition) is 3. The number of carboxylic acids is 1. The first kappa shape index (κ1) is 11.4. The Hall–Kier alpha value is -0.690. The lowest BCUT2D eigenvalue weighted by molar-refractivity contribution is -0.139. The molecule has 7 heteroatoms. The third-order valence-electron chi connectivity index (χ3n) is 1.19. The van der Waals surface area contributed by atoms with Crippen molar-refractivity contribution in [2.75, 3.05) is 6.61 Å². The van der Waals surface area contributed by atoms with Gasteiger partial charge < -0.3 is 9.84 Å². The zero-order valence-corrected chi connectivity index (χ0v) is 9.80. The van der Waals surface area contributed by atoms with Crippen LogP contribution >= 0.6 is 31.9 Å². The fourth-order valence-corrected chi connectivity index (χ4v) is 1.72. The third kappa shape index (κ3) is 2.91. The Morgan fingerprint density at radius 1 is 1.57 bits per heavy atom. The van der Waals surface area contributed by atoms with Crippen LogP contribution in [0, 0.1) is 5.95 Å². The smallest absolute Gasteiger partial charge is 0.341 e. The molecule has 0 bridgehead atoms. The van der Waals surface area contributed by atoms with E-state index in [-0.39, 0.29) is 10.4 Å². The highest BCUT2D eigenvalue weighted by molar-refractivity contribution is 9.11. The fraction of sp³-hybridized carbons (Fsp3) is 0.143. The molecule has 1 heterocycles. The Kier molecular flexibility index (Phi) is 3.82. The van der Waals surface area contributed by atoms with E-state index in [9.17, 15) is 9.18 Å². The van der Waals surface area contributed by atoms with Gasteiger partial charge in [-0.2, -0.15) is 9.37 Å². The summed E-state index contributed by atoms with van der Waals surface area (Å²) < 4.78 is 18.1. The number of rotatable bonds is 3. The maximum absolute atomic E-state index is 12.9. The van der Waals surface area contributed by atoms with Crippen LogP contribution in [0.1, 0.15) is 0 Å². The van der Waals surface area contributed by atoms with Gasteiger partial charge in [-0.15, -0.1) is 0 Å². The van der Waals surface area contributed by atoms with E-state index in [1.54, 1.807) is 0 Å². The van der Waals surface area contributed by atoms with Gasteiger partial charge in [-0.25, -0.2) is 4.79 Å². The molecule has 0 saturated heterocycles. The Morgan fingerprint density at radius 3 is 2.79 bits per heavy atom. The second kappa shape index (κ2) is 4.70. The van der Waals surface area contributed by atoms with Crippen LogP contribution in [0.15, 0.2) is 15.0 Å². The molecule has 0 unspecified atom stereocenters. The SMILES string of the molecule is O=C(O)COc1nc(F)c(Br)cc1Br. The Balaban J connectivity index is 2.87. The second-order valence-electron chi connectivity index (χ2n) is 2.23. The highest BCUT2D eigenvalue weighted by Gasteiger charge is 2.10. The van der Waals surface area contributed by atoms with Gasteiger partial charge in [0.2, 0.25) is 11.8 Å². The standard InChI is InChI=1S/C7H4Br2FNO3/c8-3-1-4(9)7(11-6(3)10)14-2-5(12)13/h1H,2H2,(H,12,13). The molecule has 4 nitrogen and oxygen atoms in total. The summed E-state index contributed by atoms with van der Waals surface area (Å²) in [6.07, 6.45) is 0. The van der Waals surface area contributed by atoms with Gasteiger partial charge in [-0.1, -0.05) is 0 Å². The number of nitrogens with zero attached hydrogens (tertiary/aromatic N) is 1. The second-order valence-corrected chi connectivity index (χ2v) is 3.94. The van der Waals surface area contributed by atoms with Crippen molar-refractivity contribution in [2.45, 2.75) is 0 Å². The van der Waals surface area contributed by atoms with E-state index in [1.165, 1.54) is 6.07 Å². The topological polar surface area (TPSA) is 59.4 Å². The molecule has 0 spiro atoms. The van der Waals surface area contributed by atoms with E-state index < -0.39 is 18.5 Å². The summed E-state index contributed by atoms with van der Waals surface area (Å²) in [5.41, 5.74) is 0. The predicted octanol–water partition coefficient (Wildman–Crippen LogP) is 2.21. The molecule has 0 radical (unpaired) electrons. The molecule has 0 atom stereocenters. The Morgan fingerprint density at radius 2 is 2.21 bits per heavy atom. The van der Waals surface area contributed by atoms with Crippen molar-refractivity contribution in [3.8, 4) is 5.88 Å². The molecule has 0 amide bonds. The molecule has 0 aromatic carbocycles. The van der Waals surface area contributed by atoms with Gasteiger partial charge in [-0.3, -0.25) is 0 Å². The summed E-state index contributed by atoms with van der Waals surface area (Å²) in [7, 11) is 0. The van der Waals surface area contributed by atoms with Crippen molar-refractivity contribution in [2.24, 2.45) is 0 Å². The highest BCUT2D eigenvalue weighted by Crippen LogP contribution is 2.27. The first-order valence-corrected chi connectivity index (χ1v) is 4.95. The largest absolute Gasteiger partial charge is 0.479 e. The minimum Gasteiger partial charge on any atom is -0.479 e. The van der Waals surface area contributed by atoms with Crippen molar-refractivity contribution >= 4 is 37.8 Å². The summed E-state index contributed by atoms with van der Waals surface area (Å²) in [4.78, 5) is 13.6. The van der Waals surface area contributed by atoms with Crippen LogP contribution in [0.5, 0.6) is 5.88 Å². The molecule has 1 aromatic heterocycles. The molecule has 0 saturated carbocycles. The average molecular weight is 329 g/mol. The number of carbonyl (C=O) groups is 1. The lowest BCUT2D eigenvalue weighted by atomic mass is 10.5. The summed E-state index contributed by atoms with van der Waals surface area (Å²) >= 11 is 5.98. The molecule has 0 fully saturated rings. The summed E-state index contributed by atoms with van der Waals surface area (Å²) in [5.74, 6) is -2.00. The molecule has 14 heavy (non-hydrogen) atoms. The molecule has 0 aliphatic rings. The number of aromatic nitrogens is 1. The lowest BCUT2D eigenvalue weighted by Gasteiger charge is -2.04. The summed E-state index contributed by atoms with van der Waals surface area (Å²) in [6, 6.07) is 1.39. The van der Waals surface area contributed by atoms with Crippen LogP contribution in [0.2, 0.25) is 0 Å². The van der Waals surface area contributed by atoms with Crippen LogP contribution < -0.4 is 4.74 Å². The van der Waals surface area contributed by atoms with Gasteiger partial charge in [0.05, 0.1) is 8.95 Å². The van der Waals surface area contributed by atoms with Gasteiger partial charge >= 0.3 is 5.97 Å². The number of aliphatic carboxylic acids is 1. The first-order valence-electron chi connectivity index (χ1n) is 3.37. The van der Waals surface area contributed by atoms with E-state index >= 15 is 0 Å². The summed E-state index contributed by atoms with van der Waals surface area (Å²) in [6.45, 7) is -0.563. The van der Waals surface area contributed by atoms with Crippen molar-refractivity contribution in [3.63, 3.8) is 0 Å². The van der Waals surface area contributed by atoms with Crippen LogP contribution in [-0.2, 0) is 4.79 Å². The maximum Gasteiger partial charge on any atom is 0.341 e. The Bertz CT molecular complexity index is 372. The number of hydrogen-bond donors (Lipinski definition) is 1. The Labute approximate surface area is 95.4 Å². The number of ether oxygens (including phenoxy) is 1. The molecular weight excluding hydrogens is 325 g/mol. The van der Waals surface area contributed by atoms with E-state index in [4.69, 9.17) is 9.84 Å². The molecular formula is C7H4Br2FNO3. The minimum atomic E-state index is -1.15. The van der Waals surface area contributed by atoms with Crippen LogP contribution in [0.4, 0.5) is 4.39 Å².